The molecule has 2 aromatic rings. The predicted molar refractivity (Wildman–Crippen MR) is 59.8 cm³/mol. The molecule has 0 spiro atoms. The van der Waals surface area contributed by atoms with Crippen LogP contribution in [0.2, 0.25) is 0 Å². The average molecular weight is 303 g/mol. The van der Waals surface area contributed by atoms with Gasteiger partial charge in [-0.2, -0.15) is 0 Å². The Balaban J connectivity index is 2.64. The van der Waals surface area contributed by atoms with Crippen LogP contribution in [0.15, 0.2) is 22.8 Å². The van der Waals surface area contributed by atoms with Gasteiger partial charge in [0, 0.05) is 5.56 Å². The van der Waals surface area contributed by atoms with E-state index in [2.05, 4.69) is 25.9 Å². The fraction of sp³-hybridized carbons (Fsp3) is 0.0909. The molecule has 0 aliphatic carbocycles. The first kappa shape index (κ1) is 12.0. The normalized spacial score (nSPS) is 10.6. The number of halogens is 4. The van der Waals surface area contributed by atoms with Gasteiger partial charge in [-0.05, 0) is 41.1 Å². The summed E-state index contributed by atoms with van der Waals surface area (Å²) in [5.41, 5.74) is 0.0934. The molecular weight excluding hydrogens is 297 g/mol. The third-order valence-corrected chi connectivity index (χ3v) is 2.52. The van der Waals surface area contributed by atoms with Crippen molar-refractivity contribution in [1.29, 1.82) is 0 Å². The summed E-state index contributed by atoms with van der Waals surface area (Å²) in [5.74, 6) is -3.58. The van der Waals surface area contributed by atoms with E-state index >= 15 is 0 Å². The molecule has 0 aliphatic rings. The molecule has 17 heavy (non-hydrogen) atoms. The molecule has 0 saturated carbocycles. The van der Waals surface area contributed by atoms with Gasteiger partial charge >= 0.3 is 0 Å². The van der Waals surface area contributed by atoms with Crippen LogP contribution in [-0.2, 0) is 0 Å². The van der Waals surface area contributed by atoms with Crippen LogP contribution in [0.4, 0.5) is 13.2 Å². The first-order valence-corrected chi connectivity index (χ1v) is 5.43. The lowest BCUT2D eigenvalue weighted by Gasteiger charge is -2.05. The van der Waals surface area contributed by atoms with Gasteiger partial charge in [0.05, 0.1) is 5.69 Å². The van der Waals surface area contributed by atoms with Gasteiger partial charge in [-0.1, -0.05) is 0 Å². The van der Waals surface area contributed by atoms with Crippen LogP contribution < -0.4 is 0 Å². The highest BCUT2D eigenvalue weighted by molar-refractivity contribution is 9.10. The topological polar surface area (TPSA) is 25.8 Å². The first-order valence-electron chi connectivity index (χ1n) is 4.64. The zero-order valence-electron chi connectivity index (χ0n) is 8.64. The lowest BCUT2D eigenvalue weighted by molar-refractivity contribution is 0.449. The van der Waals surface area contributed by atoms with Gasteiger partial charge in [-0.15, -0.1) is 0 Å². The van der Waals surface area contributed by atoms with Crippen molar-refractivity contribution in [2.75, 3.05) is 0 Å². The number of aromatic nitrogens is 2. The second kappa shape index (κ2) is 4.44. The number of hydrogen-bond acceptors (Lipinski definition) is 2. The van der Waals surface area contributed by atoms with Gasteiger partial charge in [0.1, 0.15) is 10.4 Å². The van der Waals surface area contributed by atoms with E-state index in [0.717, 1.165) is 12.1 Å². The maximum Gasteiger partial charge on any atom is 0.195 e. The molecule has 2 nitrogen and oxygen atoms in total. The molecule has 0 saturated heterocycles. The van der Waals surface area contributed by atoms with Crippen LogP contribution in [0.5, 0.6) is 0 Å². The summed E-state index contributed by atoms with van der Waals surface area (Å²) in [6.07, 6.45) is 0. The Hall–Kier alpha value is -1.43. The summed E-state index contributed by atoms with van der Waals surface area (Å²) >= 11 is 3.13. The smallest absolute Gasteiger partial charge is 0.195 e. The van der Waals surface area contributed by atoms with E-state index in [-0.39, 0.29) is 11.3 Å². The van der Waals surface area contributed by atoms with Crippen molar-refractivity contribution in [3.05, 3.63) is 46.1 Å². The number of rotatable bonds is 1. The summed E-state index contributed by atoms with van der Waals surface area (Å²) in [6, 6.07) is 3.43. The molecular formula is C11H6BrF3N2. The number of benzene rings is 1. The molecule has 0 atom stereocenters. The Morgan fingerprint density at radius 2 is 1.76 bits per heavy atom. The largest absolute Gasteiger partial charge is 0.233 e. The molecule has 0 aliphatic heterocycles. The third kappa shape index (κ3) is 2.31. The average Bonchev–Trinajstić information content (AvgIpc) is 2.24. The van der Waals surface area contributed by atoms with E-state index in [1.807, 2.05) is 0 Å². The molecule has 0 bridgehead atoms. The van der Waals surface area contributed by atoms with Crippen LogP contribution in [-0.4, -0.2) is 9.97 Å². The van der Waals surface area contributed by atoms with Crippen LogP contribution in [0.25, 0.3) is 11.3 Å². The van der Waals surface area contributed by atoms with Gasteiger partial charge < -0.3 is 0 Å². The summed E-state index contributed by atoms with van der Waals surface area (Å²) in [5, 5.41) is 0. The van der Waals surface area contributed by atoms with E-state index in [1.54, 1.807) is 6.92 Å². The van der Waals surface area contributed by atoms with Crippen molar-refractivity contribution in [3.63, 3.8) is 0 Å². The standard InChI is InChI=1S/C11H6BrF3N2/c1-5-16-8(4-9(12)17-5)6-2-3-7(13)11(15)10(6)14/h2-4H,1H3. The van der Waals surface area contributed by atoms with Gasteiger partial charge in [-0.3, -0.25) is 0 Å². The minimum atomic E-state index is -1.50. The highest BCUT2D eigenvalue weighted by Gasteiger charge is 2.16. The SMILES string of the molecule is Cc1nc(Br)cc(-c2ccc(F)c(F)c2F)n1. The Kier molecular flexibility index (Phi) is 3.15. The molecule has 0 radical (unpaired) electrons. The third-order valence-electron chi connectivity index (χ3n) is 2.12. The van der Waals surface area contributed by atoms with E-state index in [9.17, 15) is 13.2 Å². The fourth-order valence-corrected chi connectivity index (χ4v) is 1.87. The van der Waals surface area contributed by atoms with Gasteiger partial charge in [0.15, 0.2) is 17.5 Å². The van der Waals surface area contributed by atoms with E-state index in [0.29, 0.717) is 10.4 Å². The summed E-state index contributed by atoms with van der Waals surface area (Å²) < 4.78 is 39.8. The number of nitrogens with zero attached hydrogens (tertiary/aromatic N) is 2. The molecule has 0 N–H and O–H groups in total. The molecule has 0 unspecified atom stereocenters. The van der Waals surface area contributed by atoms with Crippen molar-refractivity contribution in [2.45, 2.75) is 6.92 Å². The maximum absolute atomic E-state index is 13.5. The lowest BCUT2D eigenvalue weighted by Crippen LogP contribution is -1.97. The minimum Gasteiger partial charge on any atom is -0.233 e. The quantitative estimate of drug-likeness (QED) is 0.594. The first-order chi connectivity index (χ1) is 7.99. The van der Waals surface area contributed by atoms with E-state index < -0.39 is 17.5 Å². The number of hydrogen-bond donors (Lipinski definition) is 0. The molecule has 2 rings (SSSR count). The zero-order chi connectivity index (χ0) is 12.6. The van der Waals surface area contributed by atoms with Crippen molar-refractivity contribution < 1.29 is 13.2 Å². The molecule has 0 amide bonds. The molecule has 6 heteroatoms. The van der Waals surface area contributed by atoms with Crippen molar-refractivity contribution in [1.82, 2.24) is 9.97 Å². The second-order valence-electron chi connectivity index (χ2n) is 3.35. The monoisotopic (exact) mass is 302 g/mol. The Bertz CT molecular complexity index is 567. The van der Waals surface area contributed by atoms with Gasteiger partial charge in [0.25, 0.3) is 0 Å². The van der Waals surface area contributed by atoms with Gasteiger partial charge in [-0.25, -0.2) is 23.1 Å². The summed E-state index contributed by atoms with van der Waals surface area (Å²) in [6.45, 7) is 1.62. The second-order valence-corrected chi connectivity index (χ2v) is 4.16. The van der Waals surface area contributed by atoms with Crippen LogP contribution >= 0.6 is 15.9 Å². The van der Waals surface area contributed by atoms with Crippen LogP contribution in [0.3, 0.4) is 0 Å². The Morgan fingerprint density at radius 3 is 2.41 bits per heavy atom. The number of aryl methyl sites for hydroxylation is 1. The summed E-state index contributed by atoms with van der Waals surface area (Å²) in [4.78, 5) is 7.91. The molecule has 1 heterocycles. The van der Waals surface area contributed by atoms with Gasteiger partial charge in [0.2, 0.25) is 0 Å². The molecule has 1 aromatic carbocycles. The van der Waals surface area contributed by atoms with Crippen LogP contribution in [0.1, 0.15) is 5.82 Å². The highest BCUT2D eigenvalue weighted by atomic mass is 79.9. The van der Waals surface area contributed by atoms with Crippen LogP contribution in [0, 0.1) is 24.4 Å². The van der Waals surface area contributed by atoms with Crippen molar-refractivity contribution in [2.24, 2.45) is 0 Å². The maximum atomic E-state index is 13.5. The molecule has 1 aromatic heterocycles. The predicted octanol–water partition coefficient (Wildman–Crippen LogP) is 3.63. The highest BCUT2D eigenvalue weighted by Crippen LogP contribution is 2.25. The fourth-order valence-electron chi connectivity index (χ4n) is 1.39. The molecule has 88 valence electrons. The van der Waals surface area contributed by atoms with Crippen molar-refractivity contribution in [3.8, 4) is 11.3 Å². The minimum absolute atomic E-state index is 0.102. The molecule has 0 fully saturated rings. The van der Waals surface area contributed by atoms with E-state index in [1.165, 1.54) is 6.07 Å². The summed E-state index contributed by atoms with van der Waals surface area (Å²) in [7, 11) is 0. The lowest BCUT2D eigenvalue weighted by atomic mass is 10.1. The Labute approximate surface area is 104 Å². The Morgan fingerprint density at radius 1 is 1.06 bits per heavy atom. The van der Waals surface area contributed by atoms with E-state index in [4.69, 9.17) is 0 Å². The van der Waals surface area contributed by atoms with Crippen molar-refractivity contribution >= 4 is 15.9 Å². The zero-order valence-corrected chi connectivity index (χ0v) is 10.2.